The van der Waals surface area contributed by atoms with Crippen LogP contribution < -0.4 is 0 Å². The van der Waals surface area contributed by atoms with Gasteiger partial charge in [0.15, 0.2) is 11.9 Å². The maximum atomic E-state index is 13.1. The lowest BCUT2D eigenvalue weighted by molar-refractivity contribution is -0.158. The molecule has 0 radical (unpaired) electrons. The van der Waals surface area contributed by atoms with Gasteiger partial charge in [-0.15, -0.1) is 0 Å². The molecular formula is C38H52O5. The van der Waals surface area contributed by atoms with Crippen molar-refractivity contribution in [1.29, 1.82) is 0 Å². The molecule has 1 unspecified atom stereocenters. The largest absolute Gasteiger partial charge is 0.465 e. The number of carbonyl (C=O) groups is 3. The van der Waals surface area contributed by atoms with Crippen LogP contribution in [-0.2, 0) is 23.9 Å². The number of rotatable bonds is 13. The van der Waals surface area contributed by atoms with Crippen LogP contribution in [0.2, 0.25) is 0 Å². The van der Waals surface area contributed by atoms with Crippen LogP contribution in [0, 0.1) is 11.3 Å². The van der Waals surface area contributed by atoms with E-state index in [0.29, 0.717) is 24.5 Å². The van der Waals surface area contributed by atoms with Gasteiger partial charge in [-0.05, 0) is 69.9 Å². The molecule has 2 rings (SSSR count). The minimum absolute atomic E-state index is 0.0291. The van der Waals surface area contributed by atoms with Crippen LogP contribution >= 0.6 is 0 Å². The van der Waals surface area contributed by atoms with Crippen molar-refractivity contribution in [1.82, 2.24) is 0 Å². The first-order valence-electron chi connectivity index (χ1n) is 15.7. The third-order valence-corrected chi connectivity index (χ3v) is 7.99. The van der Waals surface area contributed by atoms with Crippen LogP contribution in [0.3, 0.4) is 0 Å². The number of ether oxygens (including phenoxy) is 2. The van der Waals surface area contributed by atoms with Crippen LogP contribution in [0.1, 0.15) is 99.8 Å². The topological polar surface area (TPSA) is 69.7 Å². The molecule has 43 heavy (non-hydrogen) atoms. The Morgan fingerprint density at radius 1 is 0.837 bits per heavy atom. The lowest BCUT2D eigenvalue weighted by atomic mass is 9.71. The van der Waals surface area contributed by atoms with Gasteiger partial charge >= 0.3 is 11.9 Å². The highest BCUT2D eigenvalue weighted by atomic mass is 16.5. The first-order chi connectivity index (χ1) is 20.4. The third-order valence-electron chi connectivity index (χ3n) is 7.99. The predicted molar refractivity (Wildman–Crippen MR) is 176 cm³/mol. The van der Waals surface area contributed by atoms with Gasteiger partial charge in [0.05, 0.1) is 19.4 Å². The Kier molecular flexibility index (Phi) is 15.2. The van der Waals surface area contributed by atoms with E-state index < -0.39 is 12.1 Å². The van der Waals surface area contributed by atoms with Crippen LogP contribution in [-0.4, -0.2) is 30.4 Å². The highest BCUT2D eigenvalue weighted by Crippen LogP contribution is 2.41. The van der Waals surface area contributed by atoms with Crippen molar-refractivity contribution in [2.45, 2.75) is 106 Å². The van der Waals surface area contributed by atoms with E-state index in [-0.39, 0.29) is 30.0 Å². The average Bonchev–Trinajstić information content (AvgIpc) is 2.96. The van der Waals surface area contributed by atoms with Gasteiger partial charge in [0, 0.05) is 6.42 Å². The molecule has 234 valence electrons. The summed E-state index contributed by atoms with van der Waals surface area (Å²) in [5.74, 6) is -0.676. The first kappa shape index (κ1) is 35.7. The van der Waals surface area contributed by atoms with Gasteiger partial charge < -0.3 is 9.47 Å². The molecule has 0 saturated heterocycles. The van der Waals surface area contributed by atoms with Gasteiger partial charge in [0.25, 0.3) is 0 Å². The molecule has 0 amide bonds. The molecule has 1 fully saturated rings. The van der Waals surface area contributed by atoms with Gasteiger partial charge in [-0.1, -0.05) is 117 Å². The SMILES string of the molecule is CC=CC(C)=CC=CC=C(C)C=CC=C(C)C=CC1=C(C)C(=O)C(OC(=O)CCC(=O)OCC2CCCCC2)CC1(C)C. The zero-order valence-electron chi connectivity index (χ0n) is 27.4. The average molecular weight is 589 g/mol. The van der Waals surface area contributed by atoms with Gasteiger partial charge in [0.2, 0.25) is 0 Å². The maximum Gasteiger partial charge on any atom is 0.307 e. The number of carbonyl (C=O) groups excluding carboxylic acids is 3. The van der Waals surface area contributed by atoms with Crippen molar-refractivity contribution >= 4 is 17.7 Å². The minimum Gasteiger partial charge on any atom is -0.465 e. The van der Waals surface area contributed by atoms with Gasteiger partial charge in [-0.25, -0.2) is 0 Å². The number of esters is 2. The molecule has 0 aromatic heterocycles. The number of hydrogen-bond acceptors (Lipinski definition) is 5. The monoisotopic (exact) mass is 588 g/mol. The zero-order valence-corrected chi connectivity index (χ0v) is 27.4. The Morgan fingerprint density at radius 2 is 1.42 bits per heavy atom. The third kappa shape index (κ3) is 13.1. The van der Waals surface area contributed by atoms with E-state index in [2.05, 4.69) is 52.0 Å². The molecule has 1 atom stereocenters. The molecular weight excluding hydrogens is 536 g/mol. The molecule has 0 bridgehead atoms. The van der Waals surface area contributed by atoms with Crippen LogP contribution in [0.15, 0.2) is 94.7 Å². The summed E-state index contributed by atoms with van der Waals surface area (Å²) in [6, 6.07) is 0. The van der Waals surface area contributed by atoms with E-state index in [4.69, 9.17) is 9.47 Å². The number of hydrogen-bond donors (Lipinski definition) is 0. The Labute approximate surface area is 259 Å². The number of ketones is 1. The normalized spacial score (nSPS) is 21.1. The van der Waals surface area contributed by atoms with E-state index >= 15 is 0 Å². The van der Waals surface area contributed by atoms with E-state index in [9.17, 15) is 14.4 Å². The van der Waals surface area contributed by atoms with Crippen molar-refractivity contribution in [3.8, 4) is 0 Å². The second-order valence-corrected chi connectivity index (χ2v) is 12.5. The molecule has 0 spiro atoms. The lowest BCUT2D eigenvalue weighted by Gasteiger charge is -2.36. The molecule has 0 aliphatic heterocycles. The fourth-order valence-corrected chi connectivity index (χ4v) is 5.46. The van der Waals surface area contributed by atoms with E-state index in [0.717, 1.165) is 29.6 Å². The molecule has 0 aromatic carbocycles. The highest BCUT2D eigenvalue weighted by molar-refractivity contribution is 6.01. The summed E-state index contributed by atoms with van der Waals surface area (Å²) in [5, 5.41) is 0. The second kappa shape index (κ2) is 18.3. The van der Waals surface area contributed by atoms with Crippen molar-refractivity contribution in [3.05, 3.63) is 94.7 Å². The lowest BCUT2D eigenvalue weighted by Crippen LogP contribution is -2.39. The quantitative estimate of drug-likeness (QED) is 0.158. The van der Waals surface area contributed by atoms with Crippen molar-refractivity contribution in [3.63, 3.8) is 0 Å². The Bertz CT molecular complexity index is 1220. The maximum absolute atomic E-state index is 13.1. The van der Waals surface area contributed by atoms with E-state index in [1.807, 2.05) is 56.4 Å². The Morgan fingerprint density at radius 3 is 2.07 bits per heavy atom. The smallest absolute Gasteiger partial charge is 0.307 e. The number of Topliss-reactive ketones (excluding diaryl/α,β-unsaturated/α-hetero) is 1. The first-order valence-corrected chi connectivity index (χ1v) is 15.7. The standard InChI is InChI=1S/C38H52O5/c1-8-15-28(2)16-12-13-17-29(3)18-14-19-30(4)22-23-33-31(5)37(41)34(26-38(33,6)7)43-36(40)25-24-35(39)42-27-32-20-10-9-11-21-32/h8,12-19,22-23,32,34H,9-11,20-21,24-27H2,1-7H3. The minimum atomic E-state index is -0.844. The molecule has 5 nitrogen and oxygen atoms in total. The molecule has 2 aliphatic carbocycles. The molecule has 5 heteroatoms. The van der Waals surface area contributed by atoms with E-state index in [1.165, 1.54) is 24.8 Å². The molecule has 2 aliphatic rings. The van der Waals surface area contributed by atoms with Gasteiger partial charge in [0.1, 0.15) is 0 Å². The van der Waals surface area contributed by atoms with Gasteiger partial charge in [-0.3, -0.25) is 14.4 Å². The number of allylic oxidation sites excluding steroid dienone is 15. The van der Waals surface area contributed by atoms with Crippen LogP contribution in [0.25, 0.3) is 0 Å². The summed E-state index contributed by atoms with van der Waals surface area (Å²) in [4.78, 5) is 37.8. The summed E-state index contributed by atoms with van der Waals surface area (Å²) in [6.07, 6.45) is 27.6. The van der Waals surface area contributed by atoms with Crippen molar-refractivity contribution < 1.29 is 23.9 Å². The molecule has 0 aromatic rings. The second-order valence-electron chi connectivity index (χ2n) is 12.5. The fraction of sp³-hybridized carbons (Fsp3) is 0.500. The van der Waals surface area contributed by atoms with Crippen LogP contribution in [0.5, 0.6) is 0 Å². The van der Waals surface area contributed by atoms with Crippen molar-refractivity contribution in [2.75, 3.05) is 6.61 Å². The Balaban J connectivity index is 1.92. The summed E-state index contributed by atoms with van der Waals surface area (Å²) in [5.41, 5.74) is 4.57. The molecule has 0 heterocycles. The summed E-state index contributed by atoms with van der Waals surface area (Å²) < 4.78 is 10.9. The molecule has 1 saturated carbocycles. The van der Waals surface area contributed by atoms with E-state index in [1.54, 1.807) is 6.92 Å². The highest BCUT2D eigenvalue weighted by Gasteiger charge is 2.39. The summed E-state index contributed by atoms with van der Waals surface area (Å²) in [6.45, 7) is 14.5. The molecule has 0 N–H and O–H groups in total. The predicted octanol–water partition coefficient (Wildman–Crippen LogP) is 9.20. The van der Waals surface area contributed by atoms with Crippen molar-refractivity contribution in [2.24, 2.45) is 11.3 Å². The zero-order chi connectivity index (χ0) is 31.8. The summed E-state index contributed by atoms with van der Waals surface area (Å²) >= 11 is 0. The fourth-order valence-electron chi connectivity index (χ4n) is 5.46. The summed E-state index contributed by atoms with van der Waals surface area (Å²) in [7, 11) is 0. The van der Waals surface area contributed by atoms with Crippen LogP contribution in [0.4, 0.5) is 0 Å². The Hall–Kier alpha value is -3.47. The van der Waals surface area contributed by atoms with Gasteiger partial charge in [-0.2, -0.15) is 0 Å².